The van der Waals surface area contributed by atoms with Gasteiger partial charge in [0.25, 0.3) is 0 Å². The molecule has 0 unspecified atom stereocenters. The molecule has 0 saturated heterocycles. The highest BCUT2D eigenvalue weighted by atomic mass is 35.5. The lowest BCUT2D eigenvalue weighted by Crippen LogP contribution is -2.38. The van der Waals surface area contributed by atoms with Crippen molar-refractivity contribution in [3.8, 4) is 0 Å². The summed E-state index contributed by atoms with van der Waals surface area (Å²) >= 11 is 6.09. The molecule has 0 fully saturated rings. The first-order valence-electron chi connectivity index (χ1n) is 8.01. The number of rotatable bonds is 6. The summed E-state index contributed by atoms with van der Waals surface area (Å²) in [5.41, 5.74) is 3.74. The minimum atomic E-state index is -0.484. The van der Waals surface area contributed by atoms with E-state index in [4.69, 9.17) is 16.3 Å². The van der Waals surface area contributed by atoms with Crippen molar-refractivity contribution in [1.82, 2.24) is 4.90 Å². The number of β-amino-alcohol motifs (C(OH)–C–C–N with tert-alkyl or cyclic N) is 1. The molecule has 0 saturated carbocycles. The standard InChI is InChI=1S/C19H22ClNO2/c20-19-8-4-3-7-17(19)13-23-14-18(22)12-21-10-9-15-5-1-2-6-16(15)11-21/h1-8,18,22H,9-14H2/t18-/m0/s1. The van der Waals surface area contributed by atoms with Crippen LogP contribution in [-0.2, 0) is 24.3 Å². The fourth-order valence-electron chi connectivity index (χ4n) is 2.98. The van der Waals surface area contributed by atoms with E-state index < -0.39 is 6.10 Å². The Kier molecular flexibility index (Phi) is 5.68. The third-order valence-corrected chi connectivity index (χ3v) is 4.57. The molecule has 1 aliphatic heterocycles. The zero-order valence-corrected chi connectivity index (χ0v) is 13.9. The van der Waals surface area contributed by atoms with Gasteiger partial charge in [-0.2, -0.15) is 0 Å². The Morgan fingerprint density at radius 1 is 1.09 bits per heavy atom. The van der Waals surface area contributed by atoms with Gasteiger partial charge in [-0.05, 0) is 29.2 Å². The van der Waals surface area contributed by atoms with Gasteiger partial charge in [0.05, 0.1) is 19.3 Å². The number of halogens is 1. The molecule has 23 heavy (non-hydrogen) atoms. The second kappa shape index (κ2) is 7.93. The number of aliphatic hydroxyl groups is 1. The summed E-state index contributed by atoms with van der Waals surface area (Å²) < 4.78 is 5.61. The minimum absolute atomic E-state index is 0.323. The van der Waals surface area contributed by atoms with Gasteiger partial charge in [-0.3, -0.25) is 4.90 Å². The summed E-state index contributed by atoms with van der Waals surface area (Å²) in [5, 5.41) is 10.9. The molecule has 0 aromatic heterocycles. The number of benzene rings is 2. The number of aliphatic hydroxyl groups excluding tert-OH is 1. The van der Waals surface area contributed by atoms with Crippen molar-refractivity contribution in [2.45, 2.75) is 25.7 Å². The third-order valence-electron chi connectivity index (χ3n) is 4.20. The van der Waals surface area contributed by atoms with Gasteiger partial charge in [0.15, 0.2) is 0 Å². The van der Waals surface area contributed by atoms with Crippen LogP contribution in [0, 0.1) is 0 Å². The van der Waals surface area contributed by atoms with Gasteiger partial charge < -0.3 is 9.84 Å². The van der Waals surface area contributed by atoms with E-state index in [2.05, 4.69) is 29.2 Å². The highest BCUT2D eigenvalue weighted by Gasteiger charge is 2.18. The van der Waals surface area contributed by atoms with Crippen LogP contribution in [0.4, 0.5) is 0 Å². The molecule has 2 aromatic carbocycles. The second-order valence-electron chi connectivity index (χ2n) is 6.01. The molecule has 0 aliphatic carbocycles. The Labute approximate surface area is 142 Å². The highest BCUT2D eigenvalue weighted by Crippen LogP contribution is 2.19. The maximum absolute atomic E-state index is 10.2. The van der Waals surface area contributed by atoms with E-state index in [1.807, 2.05) is 24.3 Å². The number of ether oxygens (including phenoxy) is 1. The number of fused-ring (bicyclic) bond motifs is 1. The largest absolute Gasteiger partial charge is 0.389 e. The smallest absolute Gasteiger partial charge is 0.0900 e. The van der Waals surface area contributed by atoms with Crippen LogP contribution in [0.5, 0.6) is 0 Å². The van der Waals surface area contributed by atoms with Crippen molar-refractivity contribution < 1.29 is 9.84 Å². The van der Waals surface area contributed by atoms with Gasteiger partial charge in [-0.15, -0.1) is 0 Å². The van der Waals surface area contributed by atoms with Crippen LogP contribution < -0.4 is 0 Å². The molecule has 0 spiro atoms. The van der Waals surface area contributed by atoms with Crippen molar-refractivity contribution in [3.63, 3.8) is 0 Å². The van der Waals surface area contributed by atoms with Crippen LogP contribution in [0.15, 0.2) is 48.5 Å². The van der Waals surface area contributed by atoms with E-state index in [0.29, 0.717) is 24.8 Å². The Hall–Kier alpha value is -1.39. The van der Waals surface area contributed by atoms with E-state index in [0.717, 1.165) is 25.1 Å². The molecule has 1 N–H and O–H groups in total. The molecule has 122 valence electrons. The number of hydrogen-bond donors (Lipinski definition) is 1. The fraction of sp³-hybridized carbons (Fsp3) is 0.368. The van der Waals surface area contributed by atoms with Crippen LogP contribution in [-0.4, -0.2) is 35.8 Å². The van der Waals surface area contributed by atoms with Gasteiger partial charge in [-0.25, -0.2) is 0 Å². The summed E-state index contributed by atoms with van der Waals surface area (Å²) in [6.45, 7) is 3.27. The number of hydrogen-bond acceptors (Lipinski definition) is 3. The fourth-order valence-corrected chi connectivity index (χ4v) is 3.17. The van der Waals surface area contributed by atoms with Crippen molar-refractivity contribution in [3.05, 3.63) is 70.2 Å². The van der Waals surface area contributed by atoms with Crippen LogP contribution in [0.3, 0.4) is 0 Å². The topological polar surface area (TPSA) is 32.7 Å². The van der Waals surface area contributed by atoms with E-state index in [1.54, 1.807) is 0 Å². The predicted molar refractivity (Wildman–Crippen MR) is 92.5 cm³/mol. The maximum Gasteiger partial charge on any atom is 0.0900 e. The Morgan fingerprint density at radius 3 is 2.65 bits per heavy atom. The second-order valence-corrected chi connectivity index (χ2v) is 6.42. The highest BCUT2D eigenvalue weighted by molar-refractivity contribution is 6.31. The summed E-state index contributed by atoms with van der Waals surface area (Å²) in [7, 11) is 0. The van der Waals surface area contributed by atoms with Crippen molar-refractivity contribution in [2.24, 2.45) is 0 Å². The monoisotopic (exact) mass is 331 g/mol. The summed E-state index contributed by atoms with van der Waals surface area (Å²) in [5.74, 6) is 0. The molecule has 0 amide bonds. The van der Waals surface area contributed by atoms with Crippen LogP contribution in [0.2, 0.25) is 5.02 Å². The molecule has 0 bridgehead atoms. The average molecular weight is 332 g/mol. The lowest BCUT2D eigenvalue weighted by Gasteiger charge is -2.30. The molecule has 2 aromatic rings. The van der Waals surface area contributed by atoms with Gasteiger partial charge >= 0.3 is 0 Å². The third kappa shape index (κ3) is 4.55. The maximum atomic E-state index is 10.2. The molecule has 3 nitrogen and oxygen atoms in total. The van der Waals surface area contributed by atoms with Gasteiger partial charge in [0.2, 0.25) is 0 Å². The summed E-state index contributed by atoms with van der Waals surface area (Å²) in [6, 6.07) is 16.1. The minimum Gasteiger partial charge on any atom is -0.389 e. The molecule has 1 heterocycles. The molecular weight excluding hydrogens is 310 g/mol. The molecule has 1 aliphatic rings. The summed E-state index contributed by atoms with van der Waals surface area (Å²) in [6.07, 6.45) is 0.561. The zero-order chi connectivity index (χ0) is 16.1. The van der Waals surface area contributed by atoms with E-state index in [9.17, 15) is 5.11 Å². The molecule has 1 atom stereocenters. The van der Waals surface area contributed by atoms with E-state index in [1.165, 1.54) is 11.1 Å². The van der Waals surface area contributed by atoms with Gasteiger partial charge in [0.1, 0.15) is 0 Å². The van der Waals surface area contributed by atoms with Crippen LogP contribution in [0.1, 0.15) is 16.7 Å². The van der Waals surface area contributed by atoms with Crippen LogP contribution >= 0.6 is 11.6 Å². The first-order chi connectivity index (χ1) is 11.2. The first-order valence-corrected chi connectivity index (χ1v) is 8.38. The van der Waals surface area contributed by atoms with Crippen LogP contribution in [0.25, 0.3) is 0 Å². The lowest BCUT2D eigenvalue weighted by atomic mass is 10.00. The lowest BCUT2D eigenvalue weighted by molar-refractivity contribution is 0.00776. The molecular formula is C19H22ClNO2. The van der Waals surface area contributed by atoms with Gasteiger partial charge in [-0.1, -0.05) is 54.1 Å². The predicted octanol–water partition coefficient (Wildman–Crippen LogP) is 3.28. The number of nitrogens with zero attached hydrogens (tertiary/aromatic N) is 1. The molecule has 4 heteroatoms. The normalized spacial score (nSPS) is 16.1. The molecule has 0 radical (unpaired) electrons. The van der Waals surface area contributed by atoms with Gasteiger partial charge in [0, 0.05) is 24.7 Å². The Balaban J connectivity index is 1.43. The molecule has 3 rings (SSSR count). The first kappa shape index (κ1) is 16.5. The van der Waals surface area contributed by atoms with Crippen molar-refractivity contribution in [2.75, 3.05) is 19.7 Å². The Morgan fingerprint density at radius 2 is 1.83 bits per heavy atom. The zero-order valence-electron chi connectivity index (χ0n) is 13.1. The van der Waals surface area contributed by atoms with E-state index in [-0.39, 0.29) is 0 Å². The quantitative estimate of drug-likeness (QED) is 0.881. The average Bonchev–Trinajstić information content (AvgIpc) is 2.56. The van der Waals surface area contributed by atoms with E-state index >= 15 is 0 Å². The SMILES string of the molecule is O[C@H](COCc1ccccc1Cl)CN1CCc2ccccc2C1. The van der Waals surface area contributed by atoms with Crippen molar-refractivity contribution >= 4 is 11.6 Å². The Bertz CT molecular complexity index is 647. The summed E-state index contributed by atoms with van der Waals surface area (Å²) in [4.78, 5) is 2.28. The van der Waals surface area contributed by atoms with Crippen molar-refractivity contribution in [1.29, 1.82) is 0 Å².